The summed E-state index contributed by atoms with van der Waals surface area (Å²) in [6, 6.07) is 24.2. The van der Waals surface area contributed by atoms with Crippen LogP contribution in [-0.4, -0.2) is 37.4 Å². The van der Waals surface area contributed by atoms with E-state index in [2.05, 4.69) is 10.5 Å². The zero-order chi connectivity index (χ0) is 24.8. The number of rotatable bonds is 9. The minimum atomic E-state index is -3.68. The molecule has 4 rings (SSSR count). The Labute approximate surface area is 204 Å². The molecule has 3 aromatic carbocycles. The van der Waals surface area contributed by atoms with E-state index in [-0.39, 0.29) is 17.1 Å². The molecule has 0 aliphatic carbocycles. The lowest BCUT2D eigenvalue weighted by atomic mass is 10.1. The van der Waals surface area contributed by atoms with Gasteiger partial charge in [0.15, 0.2) is 11.5 Å². The Kier molecular flexibility index (Phi) is 7.28. The van der Waals surface area contributed by atoms with Crippen LogP contribution in [0.1, 0.15) is 23.0 Å². The number of amides is 1. The number of carbonyl (C=O) groups is 1. The maximum absolute atomic E-state index is 12.9. The molecule has 0 fully saturated rings. The van der Waals surface area contributed by atoms with E-state index in [4.69, 9.17) is 9.26 Å². The molecule has 1 N–H and O–H groups in total. The lowest BCUT2D eigenvalue weighted by Gasteiger charge is -2.17. The van der Waals surface area contributed by atoms with Crippen LogP contribution in [0, 0.1) is 0 Å². The SMILES string of the molecule is CCOc1ccc(-c2cc(C(=O)Nc3ccc(S(=O)(=O)N(C)Cc4ccccc4)cc3)no2)cc1. The van der Waals surface area contributed by atoms with E-state index in [0.717, 1.165) is 16.9 Å². The van der Waals surface area contributed by atoms with Crippen LogP contribution in [0.4, 0.5) is 5.69 Å². The summed E-state index contributed by atoms with van der Waals surface area (Å²) in [5, 5.41) is 6.55. The summed E-state index contributed by atoms with van der Waals surface area (Å²) in [5.74, 6) is 0.717. The van der Waals surface area contributed by atoms with E-state index in [1.165, 1.54) is 35.6 Å². The van der Waals surface area contributed by atoms with Gasteiger partial charge in [-0.25, -0.2) is 8.42 Å². The molecule has 9 heteroatoms. The highest BCUT2D eigenvalue weighted by atomic mass is 32.2. The number of sulfonamides is 1. The third-order valence-corrected chi connectivity index (χ3v) is 7.08. The van der Waals surface area contributed by atoms with Crippen molar-refractivity contribution in [2.75, 3.05) is 19.0 Å². The zero-order valence-corrected chi connectivity index (χ0v) is 20.2. The van der Waals surface area contributed by atoms with Crippen molar-refractivity contribution >= 4 is 21.6 Å². The van der Waals surface area contributed by atoms with Gasteiger partial charge in [0.25, 0.3) is 5.91 Å². The van der Waals surface area contributed by atoms with Crippen LogP contribution in [0.5, 0.6) is 5.75 Å². The van der Waals surface area contributed by atoms with Crippen LogP contribution < -0.4 is 10.1 Å². The fraction of sp³-hybridized carbons (Fsp3) is 0.154. The number of aromatic nitrogens is 1. The Balaban J connectivity index is 1.41. The topological polar surface area (TPSA) is 102 Å². The fourth-order valence-electron chi connectivity index (χ4n) is 3.41. The van der Waals surface area contributed by atoms with Gasteiger partial charge in [-0.3, -0.25) is 4.79 Å². The van der Waals surface area contributed by atoms with Crippen LogP contribution in [-0.2, 0) is 16.6 Å². The van der Waals surface area contributed by atoms with E-state index in [9.17, 15) is 13.2 Å². The number of nitrogens with one attached hydrogen (secondary N) is 1. The van der Waals surface area contributed by atoms with Gasteiger partial charge >= 0.3 is 0 Å². The molecule has 35 heavy (non-hydrogen) atoms. The van der Waals surface area contributed by atoms with Crippen molar-refractivity contribution in [3.63, 3.8) is 0 Å². The zero-order valence-electron chi connectivity index (χ0n) is 19.3. The molecular weight excluding hydrogens is 466 g/mol. The van der Waals surface area contributed by atoms with Gasteiger partial charge in [-0.05, 0) is 61.0 Å². The number of hydrogen-bond donors (Lipinski definition) is 1. The van der Waals surface area contributed by atoms with Crippen LogP contribution in [0.25, 0.3) is 11.3 Å². The Morgan fingerprint density at radius 1 is 1.00 bits per heavy atom. The van der Waals surface area contributed by atoms with Crippen LogP contribution in [0.2, 0.25) is 0 Å². The number of ether oxygens (including phenoxy) is 1. The third kappa shape index (κ3) is 5.76. The van der Waals surface area contributed by atoms with Gasteiger partial charge < -0.3 is 14.6 Å². The molecule has 4 aromatic rings. The molecule has 0 aliphatic rings. The summed E-state index contributed by atoms with van der Waals surface area (Å²) in [7, 11) is -2.15. The fourth-order valence-corrected chi connectivity index (χ4v) is 4.57. The molecule has 180 valence electrons. The van der Waals surface area contributed by atoms with Gasteiger partial charge in [0.05, 0.1) is 11.5 Å². The van der Waals surface area contributed by atoms with E-state index in [1.54, 1.807) is 6.07 Å². The Hall–Kier alpha value is -3.95. The Morgan fingerprint density at radius 3 is 2.34 bits per heavy atom. The van der Waals surface area contributed by atoms with E-state index in [0.29, 0.717) is 18.1 Å². The number of nitrogens with zero attached hydrogens (tertiary/aromatic N) is 2. The molecule has 1 heterocycles. The average Bonchev–Trinajstić information content (AvgIpc) is 3.36. The van der Waals surface area contributed by atoms with Crippen molar-refractivity contribution in [1.82, 2.24) is 9.46 Å². The molecule has 0 spiro atoms. The summed E-state index contributed by atoms with van der Waals surface area (Å²) in [4.78, 5) is 12.7. The molecule has 0 radical (unpaired) electrons. The summed E-state index contributed by atoms with van der Waals surface area (Å²) < 4.78 is 37.8. The van der Waals surface area contributed by atoms with E-state index in [1.807, 2.05) is 61.5 Å². The first-order chi connectivity index (χ1) is 16.9. The second-order valence-corrected chi connectivity index (χ2v) is 9.80. The largest absolute Gasteiger partial charge is 0.494 e. The highest BCUT2D eigenvalue weighted by Crippen LogP contribution is 2.24. The van der Waals surface area contributed by atoms with Crippen molar-refractivity contribution in [1.29, 1.82) is 0 Å². The summed E-state index contributed by atoms with van der Waals surface area (Å²) >= 11 is 0. The monoisotopic (exact) mass is 491 g/mol. The minimum absolute atomic E-state index is 0.105. The van der Waals surface area contributed by atoms with Crippen LogP contribution in [0.15, 0.2) is 94.3 Å². The van der Waals surface area contributed by atoms with Crippen LogP contribution >= 0.6 is 0 Å². The van der Waals surface area contributed by atoms with Gasteiger partial charge in [0, 0.05) is 30.9 Å². The summed E-state index contributed by atoms with van der Waals surface area (Å²) in [6.45, 7) is 2.74. The van der Waals surface area contributed by atoms with Gasteiger partial charge in [-0.15, -0.1) is 0 Å². The molecule has 0 saturated heterocycles. The van der Waals surface area contributed by atoms with Crippen molar-refractivity contribution < 1.29 is 22.5 Å². The van der Waals surface area contributed by atoms with Crippen molar-refractivity contribution in [2.45, 2.75) is 18.4 Å². The quantitative estimate of drug-likeness (QED) is 0.360. The molecule has 1 aromatic heterocycles. The standard InChI is InChI=1S/C26H25N3O5S/c1-3-33-22-13-9-20(10-14-22)25-17-24(28-34-25)26(30)27-21-11-15-23(16-12-21)35(31,32)29(2)18-19-7-5-4-6-8-19/h4-17H,3,18H2,1-2H3,(H,27,30). The van der Waals surface area contributed by atoms with Crippen molar-refractivity contribution in [2.24, 2.45) is 0 Å². The predicted octanol–water partition coefficient (Wildman–Crippen LogP) is 4.81. The van der Waals surface area contributed by atoms with Gasteiger partial charge in [-0.1, -0.05) is 35.5 Å². The Bertz CT molecular complexity index is 1380. The molecule has 0 aliphatic heterocycles. The first-order valence-electron chi connectivity index (χ1n) is 11.0. The predicted molar refractivity (Wildman–Crippen MR) is 133 cm³/mol. The second kappa shape index (κ2) is 10.5. The number of carbonyl (C=O) groups excluding carboxylic acids is 1. The van der Waals surface area contributed by atoms with E-state index >= 15 is 0 Å². The first-order valence-corrected chi connectivity index (χ1v) is 12.4. The van der Waals surface area contributed by atoms with Crippen molar-refractivity contribution in [3.05, 3.63) is 96.2 Å². The van der Waals surface area contributed by atoms with Gasteiger partial charge in [0.2, 0.25) is 10.0 Å². The maximum Gasteiger partial charge on any atom is 0.277 e. The van der Waals surface area contributed by atoms with Gasteiger partial charge in [-0.2, -0.15) is 4.31 Å². The molecule has 0 atom stereocenters. The van der Waals surface area contributed by atoms with Crippen molar-refractivity contribution in [3.8, 4) is 17.1 Å². The number of hydrogen-bond acceptors (Lipinski definition) is 6. The molecule has 0 bridgehead atoms. The summed E-state index contributed by atoms with van der Waals surface area (Å²) in [5.41, 5.74) is 2.19. The number of anilines is 1. The normalized spacial score (nSPS) is 11.4. The highest BCUT2D eigenvalue weighted by molar-refractivity contribution is 7.89. The van der Waals surface area contributed by atoms with Crippen LogP contribution in [0.3, 0.4) is 0 Å². The second-order valence-electron chi connectivity index (χ2n) is 7.76. The molecule has 0 unspecified atom stereocenters. The maximum atomic E-state index is 12.9. The highest BCUT2D eigenvalue weighted by Gasteiger charge is 2.21. The lowest BCUT2D eigenvalue weighted by molar-refractivity contribution is 0.101. The third-order valence-electron chi connectivity index (χ3n) is 5.26. The molecule has 8 nitrogen and oxygen atoms in total. The minimum Gasteiger partial charge on any atom is -0.494 e. The first kappa shape index (κ1) is 24.2. The Morgan fingerprint density at radius 2 is 1.69 bits per heavy atom. The smallest absolute Gasteiger partial charge is 0.277 e. The summed E-state index contributed by atoms with van der Waals surface area (Å²) in [6.07, 6.45) is 0. The lowest BCUT2D eigenvalue weighted by Crippen LogP contribution is -2.26. The van der Waals surface area contributed by atoms with E-state index < -0.39 is 15.9 Å². The molecule has 1 amide bonds. The number of benzene rings is 3. The average molecular weight is 492 g/mol. The molecule has 0 saturated carbocycles. The van der Waals surface area contributed by atoms with Gasteiger partial charge in [0.1, 0.15) is 5.75 Å². The molecular formula is C26H25N3O5S.